The summed E-state index contributed by atoms with van der Waals surface area (Å²) in [6, 6.07) is 21.8. The van der Waals surface area contributed by atoms with Gasteiger partial charge < -0.3 is 9.52 Å². The number of nitriles is 1. The Morgan fingerprint density at radius 1 is 0.946 bits per heavy atom. The summed E-state index contributed by atoms with van der Waals surface area (Å²) in [5.41, 5.74) is -0.107. The lowest BCUT2D eigenvalue weighted by atomic mass is 9.98. The van der Waals surface area contributed by atoms with Crippen molar-refractivity contribution >= 4 is 26.8 Å². The molecule has 0 aliphatic rings. The van der Waals surface area contributed by atoms with Crippen LogP contribution in [0.2, 0.25) is 0 Å². The van der Waals surface area contributed by atoms with E-state index < -0.39 is 21.5 Å². The normalized spacial score (nSPS) is 11.2. The van der Waals surface area contributed by atoms with Crippen LogP contribution in [0.3, 0.4) is 0 Å². The van der Waals surface area contributed by atoms with Crippen LogP contribution in [0.15, 0.2) is 99.0 Å². The number of phenolic OH excluding ortho intramolecular Hbond substituents is 1. The highest BCUT2D eigenvalue weighted by atomic mass is 32.2. The number of benzene rings is 3. The first-order chi connectivity index (χ1) is 17.7. The third kappa shape index (κ3) is 4.63. The number of fused-ring (bicyclic) bond motifs is 1. The van der Waals surface area contributed by atoms with Crippen LogP contribution in [0.1, 0.15) is 5.56 Å². The lowest BCUT2D eigenvalue weighted by Crippen LogP contribution is -2.16. The molecule has 10 heteroatoms. The van der Waals surface area contributed by atoms with Gasteiger partial charge in [0, 0.05) is 10.9 Å². The fourth-order valence-corrected chi connectivity index (χ4v) is 4.83. The van der Waals surface area contributed by atoms with Crippen LogP contribution in [0.4, 0.5) is 10.2 Å². The molecule has 0 spiro atoms. The van der Waals surface area contributed by atoms with Crippen molar-refractivity contribution in [1.29, 1.82) is 5.26 Å². The molecule has 37 heavy (non-hydrogen) atoms. The first kappa shape index (κ1) is 23.7. The number of halogens is 1. The van der Waals surface area contributed by atoms with Crippen molar-refractivity contribution in [2.45, 2.75) is 4.90 Å². The number of nitrogens with one attached hydrogen (secondary N) is 1. The zero-order chi connectivity index (χ0) is 26.2. The molecule has 2 aromatic heterocycles. The topological polar surface area (TPSA) is 133 Å². The number of nitrogens with zero attached hydrogens (tertiary/aromatic N) is 2. The van der Waals surface area contributed by atoms with Gasteiger partial charge in [0.1, 0.15) is 28.8 Å². The Hall–Kier alpha value is -5.01. The lowest BCUT2D eigenvalue weighted by molar-refractivity contribution is 0.475. The molecule has 0 fully saturated rings. The Bertz CT molecular complexity index is 1860. The number of sulfonamides is 1. The molecular formula is C27H16FN3O5S. The van der Waals surface area contributed by atoms with Crippen molar-refractivity contribution in [2.24, 2.45) is 0 Å². The highest BCUT2D eigenvalue weighted by molar-refractivity contribution is 7.92. The molecule has 5 aromatic rings. The number of anilines is 1. The maximum Gasteiger partial charge on any atom is 0.345 e. The molecule has 0 saturated heterocycles. The van der Waals surface area contributed by atoms with Gasteiger partial charge in [0.05, 0.1) is 16.2 Å². The molecule has 0 unspecified atom stereocenters. The molecule has 2 N–H and O–H groups in total. The molecule has 0 aliphatic carbocycles. The van der Waals surface area contributed by atoms with Crippen molar-refractivity contribution in [3.63, 3.8) is 0 Å². The van der Waals surface area contributed by atoms with Gasteiger partial charge in [-0.25, -0.2) is 22.6 Å². The van der Waals surface area contributed by atoms with Gasteiger partial charge >= 0.3 is 5.63 Å². The maximum absolute atomic E-state index is 13.8. The third-order valence-electron chi connectivity index (χ3n) is 5.56. The molecule has 0 amide bonds. The summed E-state index contributed by atoms with van der Waals surface area (Å²) in [7, 11) is -4.16. The quantitative estimate of drug-likeness (QED) is 0.315. The molecule has 0 radical (unpaired) electrons. The van der Waals surface area contributed by atoms with Crippen LogP contribution in [0.5, 0.6) is 5.75 Å². The van der Waals surface area contributed by atoms with Gasteiger partial charge in [0.25, 0.3) is 10.0 Å². The van der Waals surface area contributed by atoms with E-state index in [0.29, 0.717) is 10.9 Å². The van der Waals surface area contributed by atoms with E-state index in [4.69, 9.17) is 4.42 Å². The molecule has 5 rings (SSSR count). The maximum atomic E-state index is 13.8. The Morgan fingerprint density at radius 3 is 2.38 bits per heavy atom. The smallest absolute Gasteiger partial charge is 0.345 e. The molecule has 0 bridgehead atoms. The van der Waals surface area contributed by atoms with Gasteiger partial charge in [-0.1, -0.05) is 30.3 Å². The summed E-state index contributed by atoms with van der Waals surface area (Å²) < 4.78 is 47.7. The summed E-state index contributed by atoms with van der Waals surface area (Å²) in [4.78, 5) is 17.1. The number of rotatable bonds is 5. The Morgan fingerprint density at radius 2 is 1.68 bits per heavy atom. The van der Waals surface area contributed by atoms with Crippen LogP contribution in [0, 0.1) is 17.1 Å². The standard InChI is InChI=1S/C27H16FN3O5S/c28-18-8-11-25-17(12-18)13-22(27(33)36-25)24-14-21(16-6-9-19(32)10-7-16)23(15-29)26(30-24)31-37(34,35)20-4-2-1-3-5-20/h1-14,32H,(H,30,31). The van der Waals surface area contributed by atoms with E-state index in [1.165, 1.54) is 60.7 Å². The highest BCUT2D eigenvalue weighted by Crippen LogP contribution is 2.34. The molecule has 182 valence electrons. The Kier molecular flexibility index (Phi) is 5.91. The van der Waals surface area contributed by atoms with Crippen LogP contribution >= 0.6 is 0 Å². The second-order valence-corrected chi connectivity index (χ2v) is 9.67. The third-order valence-corrected chi connectivity index (χ3v) is 6.92. The molecule has 2 heterocycles. The minimum atomic E-state index is -4.16. The van der Waals surface area contributed by atoms with Crippen LogP contribution in [-0.2, 0) is 10.0 Å². The molecule has 0 aliphatic heterocycles. The van der Waals surface area contributed by atoms with Crippen LogP contribution < -0.4 is 10.3 Å². The zero-order valence-corrected chi connectivity index (χ0v) is 19.7. The monoisotopic (exact) mass is 513 g/mol. The van der Waals surface area contributed by atoms with Crippen molar-refractivity contribution < 1.29 is 22.3 Å². The van der Waals surface area contributed by atoms with Gasteiger partial charge in [0.15, 0.2) is 5.82 Å². The SMILES string of the molecule is N#Cc1c(-c2ccc(O)cc2)cc(-c2cc3cc(F)ccc3oc2=O)nc1NS(=O)(=O)c1ccccc1. The number of pyridine rings is 1. The van der Waals surface area contributed by atoms with E-state index in [-0.39, 0.29) is 44.4 Å². The van der Waals surface area contributed by atoms with Crippen LogP contribution in [-0.4, -0.2) is 18.5 Å². The largest absolute Gasteiger partial charge is 0.508 e. The van der Waals surface area contributed by atoms with E-state index in [1.807, 2.05) is 6.07 Å². The predicted octanol–water partition coefficient (Wildman–Crippen LogP) is 5.04. The van der Waals surface area contributed by atoms with E-state index in [1.54, 1.807) is 18.2 Å². The minimum absolute atomic E-state index is 0.00671. The van der Waals surface area contributed by atoms with Crippen molar-refractivity contribution in [3.8, 4) is 34.2 Å². The van der Waals surface area contributed by atoms with Gasteiger partial charge in [-0.15, -0.1) is 0 Å². The minimum Gasteiger partial charge on any atom is -0.508 e. The number of aromatic hydroxyl groups is 1. The second-order valence-electron chi connectivity index (χ2n) is 7.99. The van der Waals surface area contributed by atoms with Gasteiger partial charge in [-0.05, 0) is 60.2 Å². The Balaban J connectivity index is 1.77. The van der Waals surface area contributed by atoms with Gasteiger partial charge in [-0.3, -0.25) is 4.72 Å². The van der Waals surface area contributed by atoms with E-state index in [9.17, 15) is 28.0 Å². The van der Waals surface area contributed by atoms with Crippen LogP contribution in [0.25, 0.3) is 33.4 Å². The first-order valence-corrected chi connectivity index (χ1v) is 12.3. The predicted molar refractivity (Wildman–Crippen MR) is 135 cm³/mol. The summed E-state index contributed by atoms with van der Waals surface area (Å²) in [5, 5.41) is 20.0. The van der Waals surface area contributed by atoms with Gasteiger partial charge in [0.2, 0.25) is 0 Å². The van der Waals surface area contributed by atoms with E-state index in [2.05, 4.69) is 9.71 Å². The molecule has 0 atom stereocenters. The summed E-state index contributed by atoms with van der Waals surface area (Å²) in [5.74, 6) is -0.870. The summed E-state index contributed by atoms with van der Waals surface area (Å²) >= 11 is 0. The first-order valence-electron chi connectivity index (χ1n) is 10.8. The summed E-state index contributed by atoms with van der Waals surface area (Å²) in [6.07, 6.45) is 0. The second kappa shape index (κ2) is 9.22. The molecule has 0 saturated carbocycles. The van der Waals surface area contributed by atoms with Crippen molar-refractivity contribution in [1.82, 2.24) is 4.98 Å². The Labute approximate surface area is 209 Å². The summed E-state index contributed by atoms with van der Waals surface area (Å²) in [6.45, 7) is 0. The van der Waals surface area contributed by atoms with E-state index >= 15 is 0 Å². The number of hydrogen-bond acceptors (Lipinski definition) is 7. The molecular weight excluding hydrogens is 497 g/mol. The fourth-order valence-electron chi connectivity index (χ4n) is 3.80. The number of aromatic nitrogens is 1. The van der Waals surface area contributed by atoms with Crippen molar-refractivity contribution in [3.05, 3.63) is 107 Å². The van der Waals surface area contributed by atoms with E-state index in [0.717, 1.165) is 6.07 Å². The zero-order valence-electron chi connectivity index (χ0n) is 18.8. The number of phenols is 1. The molecule has 8 nitrogen and oxygen atoms in total. The highest BCUT2D eigenvalue weighted by Gasteiger charge is 2.22. The van der Waals surface area contributed by atoms with Gasteiger partial charge in [-0.2, -0.15) is 5.26 Å². The fraction of sp³-hybridized carbons (Fsp3) is 0. The number of hydrogen-bond donors (Lipinski definition) is 2. The molecule has 3 aromatic carbocycles. The van der Waals surface area contributed by atoms with Crippen molar-refractivity contribution in [2.75, 3.05) is 4.72 Å². The lowest BCUT2D eigenvalue weighted by Gasteiger charge is -2.14. The average Bonchev–Trinajstić information content (AvgIpc) is 2.89. The average molecular weight is 514 g/mol.